The van der Waals surface area contributed by atoms with E-state index < -0.39 is 202 Å². The minimum atomic E-state index is -1.69. The second-order valence-corrected chi connectivity index (χ2v) is 21.9. The van der Waals surface area contributed by atoms with E-state index in [-0.39, 0.29) is 81.9 Å². The van der Waals surface area contributed by atoms with Crippen LogP contribution in [0.25, 0.3) is 0 Å². The van der Waals surface area contributed by atoms with E-state index >= 15 is 0 Å². The van der Waals surface area contributed by atoms with Gasteiger partial charge in [0.2, 0.25) is 35.4 Å². The summed E-state index contributed by atoms with van der Waals surface area (Å²) >= 11 is 1.40. The van der Waals surface area contributed by atoms with Gasteiger partial charge in [0.05, 0.1) is 30.6 Å². The number of rotatable bonds is 45. The van der Waals surface area contributed by atoms with Crippen molar-refractivity contribution >= 4 is 100 Å². The molecule has 0 aromatic carbocycles. The molecule has 1 aliphatic rings. The van der Waals surface area contributed by atoms with Gasteiger partial charge in [0.15, 0.2) is 17.3 Å². The number of nitrogens with one attached hydrogen (secondary N) is 5. The Balaban J connectivity index is 3.10. The Kier molecular flexibility index (Phi) is 34.6. The van der Waals surface area contributed by atoms with Gasteiger partial charge in [0.1, 0.15) is 24.5 Å². The van der Waals surface area contributed by atoms with E-state index in [0.29, 0.717) is 12.2 Å². The van der Waals surface area contributed by atoms with Crippen molar-refractivity contribution < 1.29 is 102 Å². The summed E-state index contributed by atoms with van der Waals surface area (Å²) in [4.78, 5) is 192. The quantitative estimate of drug-likeness (QED) is 0.0363. The molecular formula is C53H83N7O21S. The number of thioether (sulfide) groups is 1. The average Bonchev–Trinajstić information content (AvgIpc) is 4.00. The highest BCUT2D eigenvalue weighted by Gasteiger charge is 2.37. The molecule has 462 valence electrons. The summed E-state index contributed by atoms with van der Waals surface area (Å²) < 4.78 is 5.55. The lowest BCUT2D eigenvalue weighted by molar-refractivity contribution is -0.143. The van der Waals surface area contributed by atoms with E-state index in [9.17, 15) is 92.3 Å². The largest absolute Gasteiger partial charge is 0.481 e. The van der Waals surface area contributed by atoms with E-state index in [1.165, 1.54) is 16.7 Å². The molecule has 28 nitrogen and oxygen atoms in total. The van der Waals surface area contributed by atoms with Gasteiger partial charge in [-0.15, -0.1) is 0 Å². The lowest BCUT2D eigenvalue weighted by atomic mass is 9.89. The first-order valence-electron chi connectivity index (χ1n) is 27.3. The Bertz CT molecular complexity index is 2260. The monoisotopic (exact) mass is 1190 g/mol. The zero-order valence-corrected chi connectivity index (χ0v) is 48.1. The molecule has 0 spiro atoms. The predicted molar refractivity (Wildman–Crippen MR) is 291 cm³/mol. The van der Waals surface area contributed by atoms with Crippen LogP contribution in [-0.2, 0) is 76.7 Å². The van der Waals surface area contributed by atoms with Gasteiger partial charge in [-0.3, -0.25) is 71.9 Å². The number of likely N-dealkylation sites (tertiary alicyclic amines) is 1. The molecule has 1 aliphatic heterocycles. The summed E-state index contributed by atoms with van der Waals surface area (Å²) in [5.74, 6) is -17.2. The maximum Gasteiger partial charge on any atom is 0.303 e. The molecule has 0 radical (unpaired) electrons. The van der Waals surface area contributed by atoms with Crippen molar-refractivity contribution in [3.8, 4) is 0 Å². The van der Waals surface area contributed by atoms with Gasteiger partial charge in [0, 0.05) is 94.6 Å². The van der Waals surface area contributed by atoms with Gasteiger partial charge >= 0.3 is 29.8 Å². The minimum absolute atomic E-state index is 0.0630. The van der Waals surface area contributed by atoms with Crippen molar-refractivity contribution in [2.24, 2.45) is 29.4 Å². The predicted octanol–water partition coefficient (Wildman–Crippen LogP) is 0.225. The van der Waals surface area contributed by atoms with Crippen LogP contribution in [0.2, 0.25) is 0 Å². The van der Waals surface area contributed by atoms with E-state index in [4.69, 9.17) is 15.6 Å². The Labute approximate surface area is 479 Å². The van der Waals surface area contributed by atoms with Gasteiger partial charge < -0.3 is 67.5 Å². The maximum absolute atomic E-state index is 13.8. The third-order valence-corrected chi connectivity index (χ3v) is 13.8. The number of carboxylic acid groups (broad SMARTS) is 5. The van der Waals surface area contributed by atoms with Gasteiger partial charge in [0.25, 0.3) is 0 Å². The van der Waals surface area contributed by atoms with E-state index in [2.05, 4.69) is 26.6 Å². The molecule has 1 saturated heterocycles. The fourth-order valence-electron chi connectivity index (χ4n) is 8.77. The van der Waals surface area contributed by atoms with Crippen LogP contribution in [0.4, 0.5) is 0 Å². The summed E-state index contributed by atoms with van der Waals surface area (Å²) in [6.07, 6.45) is -4.86. The lowest BCUT2D eigenvalue weighted by Gasteiger charge is -2.27. The second kappa shape index (κ2) is 38.8. The molecule has 1 rings (SSSR count). The molecular weight excluding hydrogens is 1100 g/mol. The van der Waals surface area contributed by atoms with Crippen LogP contribution in [0, 0.1) is 23.7 Å². The number of amides is 6. The third kappa shape index (κ3) is 30.3. The molecule has 8 atom stereocenters. The Hall–Kier alpha value is -6.88. The van der Waals surface area contributed by atoms with Gasteiger partial charge in [-0.25, -0.2) is 0 Å². The van der Waals surface area contributed by atoms with Crippen molar-refractivity contribution in [1.29, 1.82) is 0 Å². The zero-order valence-electron chi connectivity index (χ0n) is 47.2. The second-order valence-electron chi connectivity index (χ2n) is 21.0. The summed E-state index contributed by atoms with van der Waals surface area (Å²) in [7, 11) is 0. The molecule has 0 saturated carbocycles. The summed E-state index contributed by atoms with van der Waals surface area (Å²) in [5, 5.41) is 59.4. The number of nitrogens with zero attached hydrogens (tertiary/aromatic N) is 1. The molecule has 0 aromatic heterocycles. The summed E-state index contributed by atoms with van der Waals surface area (Å²) in [6, 6.07) is -6.70. The van der Waals surface area contributed by atoms with Gasteiger partial charge in [-0.1, -0.05) is 13.8 Å². The molecule has 82 heavy (non-hydrogen) atoms. The highest BCUT2D eigenvalue weighted by molar-refractivity contribution is 7.98. The van der Waals surface area contributed by atoms with E-state index in [0.717, 1.165) is 0 Å². The van der Waals surface area contributed by atoms with Crippen molar-refractivity contribution in [3.63, 3.8) is 0 Å². The highest BCUT2D eigenvalue weighted by atomic mass is 32.2. The smallest absolute Gasteiger partial charge is 0.303 e. The lowest BCUT2D eigenvalue weighted by Crippen LogP contribution is -2.54. The molecule has 0 aromatic rings. The number of carbonyl (C=O) groups excluding carboxylic acids is 10. The SMILES string of the molecule is CSC[C@H](CC(=O)CNC(=O)[C@H](CC(C)C)NC(=O)[C@@H]1CCCN1C(=O)COCCCC(=O)[C@@H](CCC(=O)O)NC(=O)[C@@H](CCC(=O)O)CC(=O)[C@@H](CCC(=O)O)NC(=O)[C@@H](CCC(=O)O)CC(=O)[C@H](N)CCC(=O)O)C(=O)NC(C)C. The first-order chi connectivity index (χ1) is 38.4. The summed E-state index contributed by atoms with van der Waals surface area (Å²) in [5.41, 5.74) is 5.80. The minimum Gasteiger partial charge on any atom is -0.481 e. The van der Waals surface area contributed by atoms with Crippen LogP contribution in [0.5, 0.6) is 0 Å². The molecule has 0 aliphatic carbocycles. The number of carboxylic acids is 5. The molecule has 6 amide bonds. The molecule has 1 fully saturated rings. The van der Waals surface area contributed by atoms with Gasteiger partial charge in [-0.2, -0.15) is 11.8 Å². The van der Waals surface area contributed by atoms with Crippen LogP contribution in [0.15, 0.2) is 0 Å². The zero-order chi connectivity index (χ0) is 62.2. The number of hydrogen-bond donors (Lipinski definition) is 11. The topological polar surface area (TPSA) is 456 Å². The fraction of sp³-hybridized carbons (Fsp3) is 0.717. The first-order valence-corrected chi connectivity index (χ1v) is 28.6. The number of carbonyl (C=O) groups is 15. The molecule has 1 heterocycles. The molecule has 12 N–H and O–H groups in total. The third-order valence-electron chi connectivity index (χ3n) is 13.1. The Morgan fingerprint density at radius 3 is 1.56 bits per heavy atom. The number of aliphatic carboxylic acids is 5. The number of ether oxygens (including phenoxy) is 1. The maximum atomic E-state index is 13.8. The van der Waals surface area contributed by atoms with Crippen molar-refractivity contribution in [2.45, 2.75) is 180 Å². The van der Waals surface area contributed by atoms with Crippen LogP contribution in [0.1, 0.15) is 143 Å². The van der Waals surface area contributed by atoms with Gasteiger partial charge in [-0.05, 0) is 83.8 Å². The number of nitrogens with two attached hydrogens (primary N) is 1. The number of hydrogen-bond acceptors (Lipinski definition) is 18. The average molecular weight is 1190 g/mol. The first kappa shape index (κ1) is 73.1. The molecule has 0 bridgehead atoms. The van der Waals surface area contributed by atoms with Crippen LogP contribution >= 0.6 is 11.8 Å². The molecule has 29 heteroatoms. The van der Waals surface area contributed by atoms with E-state index in [1.54, 1.807) is 13.8 Å². The van der Waals surface area contributed by atoms with Crippen LogP contribution in [0.3, 0.4) is 0 Å². The molecule has 0 unspecified atom stereocenters. The standard InChI is InChI=1S/C53H83N7O21S/c1-29(2)22-38(52(79)55-26-34(61)23-33(28-82-5)51(78)56-30(3)4)59-53(80)39-8-6-20-60(39)43(65)27-81-21-7-9-40(62)36(13-18-47(72)73)57-50(77)32(11-16-45(68)69)25-42(64)37(14-19-48(74)75)58-49(76)31(10-15-44(66)67)24-41(63)35(54)12-17-46(70)71/h29-33,35-39H,6-28,54H2,1-5H3,(H,55,79)(H,56,78)(H,57,77)(H,58,76)(H,59,80)(H,66,67)(H,68,69)(H,70,71)(H,72,73)(H,74,75)/t31-,32-,33-,35+,36+,37+,38-,39-/m0/s1. The fourth-order valence-corrected chi connectivity index (χ4v) is 9.44. The highest BCUT2D eigenvalue weighted by Crippen LogP contribution is 2.22. The number of Topliss-reactive ketones (excluding diaryl/α,β-unsaturated/α-hetero) is 4. The number of ketones is 4. The van der Waals surface area contributed by atoms with E-state index in [1.807, 2.05) is 20.1 Å². The van der Waals surface area contributed by atoms with Crippen LogP contribution < -0.4 is 32.3 Å². The van der Waals surface area contributed by atoms with Crippen LogP contribution in [-0.4, -0.2) is 193 Å². The summed E-state index contributed by atoms with van der Waals surface area (Å²) in [6.45, 7) is 6.34. The van der Waals surface area contributed by atoms with Crippen molar-refractivity contribution in [3.05, 3.63) is 0 Å². The van der Waals surface area contributed by atoms with Crippen molar-refractivity contribution in [1.82, 2.24) is 31.5 Å². The normalized spacial score (nSPS) is 15.6. The Morgan fingerprint density at radius 1 is 0.573 bits per heavy atom. The van der Waals surface area contributed by atoms with Crippen molar-refractivity contribution in [2.75, 3.05) is 38.3 Å². The Morgan fingerprint density at radius 2 is 1.06 bits per heavy atom.